The Kier molecular flexibility index (Phi) is 11.2. The minimum absolute atomic E-state index is 0.191. The van der Waals surface area contributed by atoms with Gasteiger partial charge in [-0.3, -0.25) is 4.79 Å². The third kappa shape index (κ3) is 7.40. The Bertz CT molecular complexity index is 1230. The maximum atomic E-state index is 12.1. The van der Waals surface area contributed by atoms with Crippen molar-refractivity contribution in [2.45, 2.75) is 69.3 Å². The van der Waals surface area contributed by atoms with E-state index in [2.05, 4.69) is 75.9 Å². The number of hydrogen-bond acceptors (Lipinski definition) is 6. The summed E-state index contributed by atoms with van der Waals surface area (Å²) in [5, 5.41) is 2.08. The van der Waals surface area contributed by atoms with Crippen LogP contribution in [0.15, 0.2) is 104 Å². The largest absolute Gasteiger partial charge is 0.456 e. The minimum atomic E-state index is -2.88. The summed E-state index contributed by atoms with van der Waals surface area (Å²) in [6, 6.07) is 30.7. The lowest BCUT2D eigenvalue weighted by molar-refractivity contribution is -0.242. The molecule has 1 aliphatic rings. The molecule has 1 saturated heterocycles. The number of carbonyl (C=O) groups excluding carboxylic acids is 1. The van der Waals surface area contributed by atoms with Crippen LogP contribution in [-0.4, -0.2) is 57.5 Å². The number of esters is 1. The van der Waals surface area contributed by atoms with E-state index in [-0.39, 0.29) is 18.3 Å². The van der Waals surface area contributed by atoms with Crippen LogP contribution >= 0.6 is 11.6 Å². The topological polar surface area (TPSA) is 63.2 Å². The maximum absolute atomic E-state index is 12.1. The number of ether oxygens (including phenoxy) is 4. The number of benzene rings is 3. The summed E-state index contributed by atoms with van der Waals surface area (Å²) in [5.41, 5.74) is 0.0247. The molecule has 1 aliphatic heterocycles. The molecular weight excluding hydrogens is 568 g/mol. The SMILES string of the molecule is C=CCO[C@@H]1[C@H](OC(C)=O)[C@@H](Cl)O[C@H](CO[Si](c2ccccc2)(c2ccccc2)C(C)(C)C)[C@H]1OCc1ccccc1. The van der Waals surface area contributed by atoms with Crippen molar-refractivity contribution in [3.63, 3.8) is 0 Å². The van der Waals surface area contributed by atoms with E-state index < -0.39 is 44.3 Å². The number of carbonyl (C=O) groups is 1. The molecule has 0 N–H and O–H groups in total. The third-order valence-corrected chi connectivity index (χ3v) is 12.8. The Hall–Kier alpha value is -2.78. The second-order valence-corrected chi connectivity index (χ2v) is 16.2. The second-order valence-electron chi connectivity index (χ2n) is 11.4. The molecule has 0 aliphatic carbocycles. The number of alkyl halides is 1. The standard InChI is InChI=1S/C34H41ClO6Si/c1-6-22-37-31-30(38-23-26-16-10-7-11-17-26)29(41-33(35)32(31)40-25(2)36)24-39-42(34(3,4)5,27-18-12-8-13-19-27)28-20-14-9-15-21-28/h6-21,29-33H,1,22-24H2,2-5H3/t29-,30-,31+,32+,33+/m1/s1. The lowest BCUT2D eigenvalue weighted by Gasteiger charge is -2.47. The van der Waals surface area contributed by atoms with Gasteiger partial charge in [-0.05, 0) is 21.0 Å². The lowest BCUT2D eigenvalue weighted by Crippen LogP contribution is -2.68. The molecular formula is C34H41ClO6Si. The van der Waals surface area contributed by atoms with Crippen LogP contribution in [0.5, 0.6) is 0 Å². The van der Waals surface area contributed by atoms with Crippen molar-refractivity contribution in [3.8, 4) is 0 Å². The first-order valence-corrected chi connectivity index (χ1v) is 16.6. The summed E-state index contributed by atoms with van der Waals surface area (Å²) in [4.78, 5) is 12.1. The van der Waals surface area contributed by atoms with Crippen molar-refractivity contribution in [1.29, 1.82) is 0 Å². The van der Waals surface area contributed by atoms with Gasteiger partial charge in [-0.2, -0.15) is 0 Å². The fourth-order valence-corrected chi connectivity index (χ4v) is 10.5. The second kappa shape index (κ2) is 14.6. The van der Waals surface area contributed by atoms with Crippen molar-refractivity contribution < 1.29 is 28.2 Å². The zero-order chi connectivity index (χ0) is 30.2. The molecule has 0 radical (unpaired) electrons. The smallest absolute Gasteiger partial charge is 0.303 e. The molecule has 0 saturated carbocycles. The molecule has 1 heterocycles. The fourth-order valence-electron chi connectivity index (χ4n) is 5.62. The van der Waals surface area contributed by atoms with Crippen molar-refractivity contribution in [1.82, 2.24) is 0 Å². The van der Waals surface area contributed by atoms with Gasteiger partial charge in [0.05, 0.1) is 19.8 Å². The fraction of sp³-hybridized carbons (Fsp3) is 0.382. The Morgan fingerprint density at radius 1 is 0.881 bits per heavy atom. The van der Waals surface area contributed by atoms with Gasteiger partial charge in [0, 0.05) is 6.92 Å². The summed E-state index contributed by atoms with van der Waals surface area (Å²) in [5.74, 6) is -0.481. The highest BCUT2D eigenvalue weighted by Crippen LogP contribution is 2.38. The number of halogens is 1. The van der Waals surface area contributed by atoms with E-state index in [9.17, 15) is 4.79 Å². The van der Waals surface area contributed by atoms with Crippen LogP contribution in [0.1, 0.15) is 33.3 Å². The predicted octanol–water partition coefficient (Wildman–Crippen LogP) is 5.62. The number of hydrogen-bond donors (Lipinski definition) is 0. The van der Waals surface area contributed by atoms with Crippen molar-refractivity contribution >= 4 is 36.3 Å². The van der Waals surface area contributed by atoms with Gasteiger partial charge >= 0.3 is 5.97 Å². The molecule has 0 spiro atoms. The molecule has 8 heteroatoms. The van der Waals surface area contributed by atoms with Gasteiger partial charge < -0.3 is 23.4 Å². The summed E-state index contributed by atoms with van der Waals surface area (Å²) in [7, 11) is -2.88. The Morgan fingerprint density at radius 3 is 1.93 bits per heavy atom. The Labute approximate surface area is 255 Å². The maximum Gasteiger partial charge on any atom is 0.303 e. The van der Waals surface area contributed by atoms with Gasteiger partial charge in [0.2, 0.25) is 0 Å². The normalized spacial score (nSPS) is 22.8. The number of rotatable bonds is 12. The van der Waals surface area contributed by atoms with Crippen LogP contribution in [0.3, 0.4) is 0 Å². The van der Waals surface area contributed by atoms with Gasteiger partial charge in [-0.25, -0.2) is 0 Å². The molecule has 1 fully saturated rings. The highest BCUT2D eigenvalue weighted by molar-refractivity contribution is 6.99. The first-order chi connectivity index (χ1) is 20.2. The monoisotopic (exact) mass is 608 g/mol. The van der Waals surface area contributed by atoms with Crippen molar-refractivity contribution in [2.24, 2.45) is 0 Å². The molecule has 0 bridgehead atoms. The van der Waals surface area contributed by atoms with E-state index in [1.54, 1.807) is 6.08 Å². The lowest BCUT2D eigenvalue weighted by atomic mass is 9.99. The van der Waals surface area contributed by atoms with Crippen molar-refractivity contribution in [3.05, 3.63) is 109 Å². The summed E-state index contributed by atoms with van der Waals surface area (Å²) < 4.78 is 31.9. The van der Waals surface area contributed by atoms with Gasteiger partial charge in [0.1, 0.15) is 18.3 Å². The zero-order valence-electron chi connectivity index (χ0n) is 24.8. The molecule has 6 nitrogen and oxygen atoms in total. The van der Waals surface area contributed by atoms with E-state index in [0.29, 0.717) is 6.61 Å². The first-order valence-electron chi connectivity index (χ1n) is 14.3. The molecule has 0 aromatic heterocycles. The average molecular weight is 609 g/mol. The molecule has 224 valence electrons. The van der Waals surface area contributed by atoms with E-state index in [1.807, 2.05) is 42.5 Å². The highest BCUT2D eigenvalue weighted by atomic mass is 35.5. The molecule has 0 amide bonds. The van der Waals surface area contributed by atoms with E-state index in [4.69, 9.17) is 35.0 Å². The van der Waals surface area contributed by atoms with E-state index in [0.717, 1.165) is 15.9 Å². The summed E-state index contributed by atoms with van der Waals surface area (Å²) in [6.07, 6.45) is -1.21. The average Bonchev–Trinajstić information content (AvgIpc) is 2.98. The van der Waals surface area contributed by atoms with Crippen LogP contribution in [0.25, 0.3) is 0 Å². The Balaban J connectivity index is 1.73. The van der Waals surface area contributed by atoms with Crippen molar-refractivity contribution in [2.75, 3.05) is 13.2 Å². The van der Waals surface area contributed by atoms with Crippen LogP contribution in [0, 0.1) is 0 Å². The van der Waals surface area contributed by atoms with E-state index in [1.165, 1.54) is 6.92 Å². The quantitative estimate of drug-likeness (QED) is 0.115. The molecule has 3 aromatic carbocycles. The van der Waals surface area contributed by atoms with Crippen LogP contribution in [0.4, 0.5) is 0 Å². The predicted molar refractivity (Wildman–Crippen MR) is 169 cm³/mol. The summed E-state index contributed by atoms with van der Waals surface area (Å²) >= 11 is 6.75. The van der Waals surface area contributed by atoms with Gasteiger partial charge in [0.15, 0.2) is 11.7 Å². The van der Waals surface area contributed by atoms with E-state index >= 15 is 0 Å². The summed E-state index contributed by atoms with van der Waals surface area (Å²) in [6.45, 7) is 12.5. The molecule has 42 heavy (non-hydrogen) atoms. The zero-order valence-corrected chi connectivity index (χ0v) is 26.5. The van der Waals surface area contributed by atoms with Gasteiger partial charge in [-0.1, -0.05) is 129 Å². The van der Waals surface area contributed by atoms with Crippen LogP contribution in [-0.2, 0) is 34.8 Å². The van der Waals surface area contributed by atoms with Gasteiger partial charge in [-0.15, -0.1) is 6.58 Å². The van der Waals surface area contributed by atoms with Crippen LogP contribution < -0.4 is 10.4 Å². The third-order valence-electron chi connectivity index (χ3n) is 7.45. The Morgan fingerprint density at radius 2 is 1.43 bits per heavy atom. The molecule has 3 aromatic rings. The van der Waals surface area contributed by atoms with Crippen LogP contribution in [0.2, 0.25) is 5.04 Å². The molecule has 5 atom stereocenters. The highest BCUT2D eigenvalue weighted by Gasteiger charge is 2.53. The minimum Gasteiger partial charge on any atom is -0.456 e. The molecule has 4 rings (SSSR count). The first kappa shape index (κ1) is 32.1. The molecule has 0 unspecified atom stereocenters. The van der Waals surface area contributed by atoms with Gasteiger partial charge in [0.25, 0.3) is 8.32 Å².